The standard InChI is InChI=1S/C35H35Cl2N3O3/c1-23(2)21-38-34(42)31(20-24-10-4-3-5-11-24)40(22-27-28(36)15-8-16-29(27)37)32(41)18-9-19-39-30-17-7-13-25-12-6-14-26(33(25)30)35(39)43/h3-8,10-17,23,31H,9,18-22H2,1-2H3,(H,38,42)/t31-/m0/s1. The Bertz CT molecular complexity index is 1610. The van der Waals surface area contributed by atoms with Crippen LogP contribution in [0.1, 0.15) is 48.2 Å². The van der Waals surface area contributed by atoms with Crippen molar-refractivity contribution in [2.75, 3.05) is 18.0 Å². The molecule has 1 N–H and O–H groups in total. The van der Waals surface area contributed by atoms with E-state index in [1.165, 1.54) is 0 Å². The molecule has 0 aliphatic carbocycles. The number of rotatable bonds is 12. The highest BCUT2D eigenvalue weighted by Crippen LogP contribution is 2.37. The van der Waals surface area contributed by atoms with Crippen LogP contribution in [0.4, 0.5) is 5.69 Å². The van der Waals surface area contributed by atoms with Crippen molar-refractivity contribution in [2.24, 2.45) is 5.92 Å². The number of halogens is 2. The Balaban J connectivity index is 1.40. The van der Waals surface area contributed by atoms with Crippen molar-refractivity contribution in [1.82, 2.24) is 10.2 Å². The molecule has 222 valence electrons. The number of hydrogen-bond acceptors (Lipinski definition) is 3. The first-order valence-electron chi connectivity index (χ1n) is 14.6. The van der Waals surface area contributed by atoms with Crippen LogP contribution >= 0.6 is 23.2 Å². The minimum Gasteiger partial charge on any atom is -0.354 e. The minimum atomic E-state index is -0.785. The molecule has 5 rings (SSSR count). The van der Waals surface area contributed by atoms with E-state index in [2.05, 4.69) is 5.32 Å². The molecule has 0 saturated heterocycles. The topological polar surface area (TPSA) is 69.7 Å². The lowest BCUT2D eigenvalue weighted by molar-refractivity contribution is -0.141. The number of benzene rings is 4. The van der Waals surface area contributed by atoms with Crippen LogP contribution in [-0.4, -0.2) is 41.8 Å². The quantitative estimate of drug-likeness (QED) is 0.182. The lowest BCUT2D eigenvalue weighted by Gasteiger charge is -2.32. The monoisotopic (exact) mass is 615 g/mol. The van der Waals surface area contributed by atoms with Crippen molar-refractivity contribution >= 4 is 57.4 Å². The van der Waals surface area contributed by atoms with Gasteiger partial charge in [0.2, 0.25) is 11.8 Å². The van der Waals surface area contributed by atoms with E-state index >= 15 is 0 Å². The highest BCUT2D eigenvalue weighted by atomic mass is 35.5. The predicted molar refractivity (Wildman–Crippen MR) is 174 cm³/mol. The van der Waals surface area contributed by atoms with Gasteiger partial charge in [-0.3, -0.25) is 14.4 Å². The van der Waals surface area contributed by atoms with Gasteiger partial charge in [-0.15, -0.1) is 0 Å². The number of nitrogens with zero attached hydrogens (tertiary/aromatic N) is 2. The Morgan fingerprint density at radius 2 is 1.56 bits per heavy atom. The third-order valence-electron chi connectivity index (χ3n) is 7.77. The number of nitrogens with one attached hydrogen (secondary N) is 1. The predicted octanol–water partition coefficient (Wildman–Crippen LogP) is 7.30. The maximum absolute atomic E-state index is 14.1. The maximum Gasteiger partial charge on any atom is 0.258 e. The molecule has 0 saturated carbocycles. The number of amides is 3. The van der Waals surface area contributed by atoms with Gasteiger partial charge in [-0.1, -0.05) is 97.7 Å². The molecule has 1 aliphatic heterocycles. The van der Waals surface area contributed by atoms with Crippen LogP contribution < -0.4 is 10.2 Å². The fraction of sp³-hybridized carbons (Fsp3) is 0.286. The molecule has 0 radical (unpaired) electrons. The normalized spacial score (nSPS) is 13.0. The Labute approximate surface area is 262 Å². The van der Waals surface area contributed by atoms with Crippen molar-refractivity contribution in [3.05, 3.63) is 112 Å². The first-order valence-corrected chi connectivity index (χ1v) is 15.4. The lowest BCUT2D eigenvalue weighted by atomic mass is 10.0. The van der Waals surface area contributed by atoms with Crippen LogP contribution in [0.5, 0.6) is 0 Å². The van der Waals surface area contributed by atoms with Gasteiger partial charge in [-0.2, -0.15) is 0 Å². The molecule has 4 aromatic carbocycles. The third kappa shape index (κ3) is 6.87. The van der Waals surface area contributed by atoms with Crippen LogP contribution in [0.25, 0.3) is 10.8 Å². The number of carbonyl (C=O) groups is 3. The van der Waals surface area contributed by atoms with Gasteiger partial charge >= 0.3 is 0 Å². The molecule has 0 bridgehead atoms. The second-order valence-electron chi connectivity index (χ2n) is 11.3. The van der Waals surface area contributed by atoms with E-state index in [1.54, 1.807) is 28.0 Å². The Kier molecular flexibility index (Phi) is 9.69. The van der Waals surface area contributed by atoms with E-state index in [-0.39, 0.29) is 36.6 Å². The molecular formula is C35H35Cl2N3O3. The average Bonchev–Trinajstić information content (AvgIpc) is 3.27. The highest BCUT2D eigenvalue weighted by Gasteiger charge is 2.33. The summed E-state index contributed by atoms with van der Waals surface area (Å²) in [6.07, 6.45) is 0.898. The Morgan fingerprint density at radius 3 is 2.26 bits per heavy atom. The van der Waals surface area contributed by atoms with Crippen molar-refractivity contribution < 1.29 is 14.4 Å². The van der Waals surface area contributed by atoms with Crippen molar-refractivity contribution in [3.63, 3.8) is 0 Å². The molecule has 1 atom stereocenters. The molecular weight excluding hydrogens is 581 g/mol. The van der Waals surface area contributed by atoms with Crippen LogP contribution in [0.2, 0.25) is 10.0 Å². The molecule has 6 nitrogen and oxygen atoms in total. The van der Waals surface area contributed by atoms with E-state index in [0.717, 1.165) is 22.0 Å². The molecule has 43 heavy (non-hydrogen) atoms. The molecule has 0 spiro atoms. The molecule has 1 heterocycles. The van der Waals surface area contributed by atoms with Crippen molar-refractivity contribution in [3.8, 4) is 0 Å². The number of carbonyl (C=O) groups excluding carboxylic acids is 3. The summed E-state index contributed by atoms with van der Waals surface area (Å²) >= 11 is 13.1. The highest BCUT2D eigenvalue weighted by molar-refractivity contribution is 6.36. The van der Waals surface area contributed by atoms with Gasteiger partial charge < -0.3 is 15.1 Å². The van der Waals surface area contributed by atoms with Crippen LogP contribution in [0.15, 0.2) is 84.9 Å². The molecule has 0 unspecified atom stereocenters. The molecule has 3 amide bonds. The summed E-state index contributed by atoms with van der Waals surface area (Å²) in [5.41, 5.74) is 3.06. The molecule has 0 aromatic heterocycles. The summed E-state index contributed by atoms with van der Waals surface area (Å²) in [4.78, 5) is 44.4. The lowest BCUT2D eigenvalue weighted by Crippen LogP contribution is -2.51. The SMILES string of the molecule is CC(C)CNC(=O)[C@H](Cc1ccccc1)N(Cc1c(Cl)cccc1Cl)C(=O)CCCN1C(=O)c2cccc3cccc1c23. The first kappa shape index (κ1) is 30.6. The zero-order valence-corrected chi connectivity index (χ0v) is 25.9. The van der Waals surface area contributed by atoms with Gasteiger partial charge in [0.15, 0.2) is 0 Å². The van der Waals surface area contributed by atoms with E-state index < -0.39 is 6.04 Å². The Hall–Kier alpha value is -3.87. The number of anilines is 1. The zero-order valence-electron chi connectivity index (χ0n) is 24.4. The third-order valence-corrected chi connectivity index (χ3v) is 8.48. The van der Waals surface area contributed by atoms with Crippen molar-refractivity contribution in [2.45, 2.75) is 45.7 Å². The smallest absolute Gasteiger partial charge is 0.258 e. The molecule has 8 heteroatoms. The second-order valence-corrected chi connectivity index (χ2v) is 12.1. The van der Waals surface area contributed by atoms with Crippen LogP contribution in [0, 0.1) is 5.92 Å². The first-order chi connectivity index (χ1) is 20.7. The van der Waals surface area contributed by atoms with Crippen LogP contribution in [0.3, 0.4) is 0 Å². The van der Waals surface area contributed by atoms with Gasteiger partial charge in [0, 0.05) is 59.0 Å². The maximum atomic E-state index is 14.1. The van der Waals surface area contributed by atoms with E-state index in [9.17, 15) is 14.4 Å². The van der Waals surface area contributed by atoms with Gasteiger partial charge in [0.25, 0.3) is 5.91 Å². The van der Waals surface area contributed by atoms with Gasteiger partial charge in [-0.25, -0.2) is 0 Å². The molecule has 4 aromatic rings. The fourth-order valence-electron chi connectivity index (χ4n) is 5.56. The Morgan fingerprint density at radius 1 is 0.884 bits per heavy atom. The summed E-state index contributed by atoms with van der Waals surface area (Å²) < 4.78 is 0. The summed E-state index contributed by atoms with van der Waals surface area (Å²) in [5, 5.41) is 5.85. The van der Waals surface area contributed by atoms with Crippen molar-refractivity contribution in [1.29, 1.82) is 0 Å². The summed E-state index contributed by atoms with van der Waals surface area (Å²) in [6.45, 7) is 5.00. The van der Waals surface area contributed by atoms with E-state index in [0.29, 0.717) is 47.1 Å². The van der Waals surface area contributed by atoms with Gasteiger partial charge in [-0.05, 0) is 47.6 Å². The minimum absolute atomic E-state index is 0.0611. The van der Waals surface area contributed by atoms with Gasteiger partial charge in [0.05, 0.1) is 5.69 Å². The number of hydrogen-bond donors (Lipinski definition) is 1. The zero-order chi connectivity index (χ0) is 30.5. The summed E-state index contributed by atoms with van der Waals surface area (Å²) in [6, 6.07) is 25.7. The second kappa shape index (κ2) is 13.6. The fourth-order valence-corrected chi connectivity index (χ4v) is 6.08. The summed E-state index contributed by atoms with van der Waals surface area (Å²) in [5.74, 6) is -0.256. The average molecular weight is 617 g/mol. The largest absolute Gasteiger partial charge is 0.354 e. The van der Waals surface area contributed by atoms with Crippen LogP contribution in [-0.2, 0) is 22.6 Å². The summed E-state index contributed by atoms with van der Waals surface area (Å²) in [7, 11) is 0. The van der Waals surface area contributed by atoms with Gasteiger partial charge in [0.1, 0.15) is 6.04 Å². The molecule has 0 fully saturated rings. The van der Waals surface area contributed by atoms with E-state index in [4.69, 9.17) is 23.2 Å². The molecule has 1 aliphatic rings. The van der Waals surface area contributed by atoms with E-state index in [1.807, 2.05) is 80.6 Å².